The number of hydrogen-bond donors (Lipinski definition) is 1. The van der Waals surface area contributed by atoms with Crippen LogP contribution in [-0.2, 0) is 0 Å². The Morgan fingerprint density at radius 2 is 1.94 bits per heavy atom. The van der Waals surface area contributed by atoms with Gasteiger partial charge in [0, 0.05) is 18.8 Å². The third kappa shape index (κ3) is 2.38. The number of hydrogen-bond acceptors (Lipinski definition) is 2. The molecular weight excluding hydrogens is 243 g/mol. The summed E-state index contributed by atoms with van der Waals surface area (Å²) in [6.45, 7) is 4.29. The normalized spacial score (nSPS) is 21.2. The summed E-state index contributed by atoms with van der Waals surface area (Å²) >= 11 is 12.4. The van der Waals surface area contributed by atoms with E-state index in [0.717, 1.165) is 18.8 Å². The van der Waals surface area contributed by atoms with E-state index in [2.05, 4.69) is 11.8 Å². The van der Waals surface area contributed by atoms with Crippen LogP contribution in [0.3, 0.4) is 0 Å². The first-order valence-electron chi connectivity index (χ1n) is 5.57. The summed E-state index contributed by atoms with van der Waals surface area (Å²) in [4.78, 5) is 2.26. The van der Waals surface area contributed by atoms with Crippen molar-refractivity contribution in [1.29, 1.82) is 0 Å². The summed E-state index contributed by atoms with van der Waals surface area (Å²) in [6, 6.07) is 3.53. The second-order valence-corrected chi connectivity index (χ2v) is 5.34. The first-order valence-corrected chi connectivity index (χ1v) is 6.33. The van der Waals surface area contributed by atoms with Crippen molar-refractivity contribution in [2.75, 3.05) is 23.7 Å². The minimum absolute atomic E-state index is 0.615. The molecule has 1 unspecified atom stereocenters. The molecule has 1 aromatic carbocycles. The molecule has 1 fully saturated rings. The number of nitrogens with two attached hydrogens (primary N) is 1. The average Bonchev–Trinajstić information content (AvgIpc) is 2.15. The van der Waals surface area contributed by atoms with Crippen LogP contribution in [0.1, 0.15) is 19.8 Å². The van der Waals surface area contributed by atoms with Gasteiger partial charge in [0.15, 0.2) is 0 Å². The van der Waals surface area contributed by atoms with Crippen LogP contribution in [0.2, 0.25) is 10.0 Å². The lowest BCUT2D eigenvalue weighted by molar-refractivity contribution is 0.447. The molecule has 0 aromatic heterocycles. The number of anilines is 2. The van der Waals surface area contributed by atoms with E-state index in [1.807, 2.05) is 0 Å². The van der Waals surface area contributed by atoms with Crippen molar-refractivity contribution in [3.05, 3.63) is 22.2 Å². The Balaban J connectivity index is 2.32. The van der Waals surface area contributed by atoms with Crippen molar-refractivity contribution in [2.45, 2.75) is 19.8 Å². The van der Waals surface area contributed by atoms with Crippen LogP contribution >= 0.6 is 23.2 Å². The third-order valence-electron chi connectivity index (χ3n) is 3.01. The zero-order valence-corrected chi connectivity index (χ0v) is 10.9. The summed E-state index contributed by atoms with van der Waals surface area (Å²) in [7, 11) is 0. The predicted molar refractivity (Wildman–Crippen MR) is 71.5 cm³/mol. The Kier molecular flexibility index (Phi) is 3.50. The van der Waals surface area contributed by atoms with Gasteiger partial charge in [0.25, 0.3) is 0 Å². The Hall–Kier alpha value is -0.600. The van der Waals surface area contributed by atoms with Crippen LogP contribution in [0.15, 0.2) is 12.1 Å². The summed E-state index contributed by atoms with van der Waals surface area (Å²) in [5.41, 5.74) is 7.25. The molecular formula is C12H16Cl2N2. The average molecular weight is 259 g/mol. The highest BCUT2D eigenvalue weighted by Gasteiger charge is 2.20. The van der Waals surface area contributed by atoms with Crippen LogP contribution < -0.4 is 10.6 Å². The first kappa shape index (κ1) is 11.9. The fourth-order valence-electron chi connectivity index (χ4n) is 2.28. The van der Waals surface area contributed by atoms with Gasteiger partial charge in [-0.15, -0.1) is 0 Å². The second kappa shape index (κ2) is 4.72. The SMILES string of the molecule is CC1CCCN(c2c(Cl)cc(N)cc2Cl)C1. The molecule has 4 heteroatoms. The molecule has 2 N–H and O–H groups in total. The van der Waals surface area contributed by atoms with Gasteiger partial charge >= 0.3 is 0 Å². The maximum atomic E-state index is 6.21. The molecule has 0 radical (unpaired) electrons. The van der Waals surface area contributed by atoms with E-state index >= 15 is 0 Å². The summed E-state index contributed by atoms with van der Waals surface area (Å²) in [5.74, 6) is 0.693. The zero-order chi connectivity index (χ0) is 11.7. The molecule has 1 heterocycles. The van der Waals surface area contributed by atoms with Crippen molar-refractivity contribution in [3.8, 4) is 0 Å². The van der Waals surface area contributed by atoms with Crippen LogP contribution in [0.5, 0.6) is 0 Å². The van der Waals surface area contributed by atoms with Crippen LogP contribution in [0, 0.1) is 5.92 Å². The Bertz CT molecular complexity index is 370. The van der Waals surface area contributed by atoms with Crippen molar-refractivity contribution in [2.24, 2.45) is 5.92 Å². The minimum atomic E-state index is 0.615. The zero-order valence-electron chi connectivity index (χ0n) is 9.34. The maximum absolute atomic E-state index is 6.21. The fourth-order valence-corrected chi connectivity index (χ4v) is 3.02. The predicted octanol–water partition coefficient (Wildman–Crippen LogP) is 3.81. The number of benzene rings is 1. The number of piperidine rings is 1. The van der Waals surface area contributed by atoms with Crippen LogP contribution in [0.4, 0.5) is 11.4 Å². The van der Waals surface area contributed by atoms with Gasteiger partial charge in [-0.3, -0.25) is 0 Å². The topological polar surface area (TPSA) is 29.3 Å². The molecule has 1 aliphatic heterocycles. The molecule has 16 heavy (non-hydrogen) atoms. The number of nitrogens with zero attached hydrogens (tertiary/aromatic N) is 1. The molecule has 0 saturated carbocycles. The van der Waals surface area contributed by atoms with E-state index < -0.39 is 0 Å². The summed E-state index contributed by atoms with van der Waals surface area (Å²) < 4.78 is 0. The summed E-state index contributed by atoms with van der Waals surface area (Å²) in [6.07, 6.45) is 2.47. The van der Waals surface area contributed by atoms with Crippen molar-refractivity contribution in [1.82, 2.24) is 0 Å². The van der Waals surface area contributed by atoms with Gasteiger partial charge in [-0.2, -0.15) is 0 Å². The number of rotatable bonds is 1. The van der Waals surface area contributed by atoms with E-state index in [1.54, 1.807) is 12.1 Å². The Morgan fingerprint density at radius 1 is 1.31 bits per heavy atom. The minimum Gasteiger partial charge on any atom is -0.399 e. The fraction of sp³-hybridized carbons (Fsp3) is 0.500. The van der Waals surface area contributed by atoms with E-state index in [-0.39, 0.29) is 0 Å². The van der Waals surface area contributed by atoms with Crippen molar-refractivity contribution >= 4 is 34.6 Å². The van der Waals surface area contributed by atoms with Gasteiger partial charge in [-0.05, 0) is 30.9 Å². The largest absolute Gasteiger partial charge is 0.399 e. The molecule has 2 nitrogen and oxygen atoms in total. The molecule has 1 aliphatic rings. The van der Waals surface area contributed by atoms with Gasteiger partial charge in [-0.1, -0.05) is 30.1 Å². The first-order chi connectivity index (χ1) is 7.58. The summed E-state index contributed by atoms with van der Waals surface area (Å²) in [5, 5.41) is 1.30. The van der Waals surface area contributed by atoms with Crippen LogP contribution in [-0.4, -0.2) is 13.1 Å². The molecule has 0 amide bonds. The Morgan fingerprint density at radius 3 is 2.50 bits per heavy atom. The molecule has 1 saturated heterocycles. The van der Waals surface area contributed by atoms with E-state index in [4.69, 9.17) is 28.9 Å². The number of halogens is 2. The van der Waals surface area contributed by atoms with Gasteiger partial charge in [0.2, 0.25) is 0 Å². The smallest absolute Gasteiger partial charge is 0.0746 e. The van der Waals surface area contributed by atoms with Crippen LogP contribution in [0.25, 0.3) is 0 Å². The van der Waals surface area contributed by atoms with Gasteiger partial charge in [0.1, 0.15) is 0 Å². The van der Waals surface area contributed by atoms with Crippen molar-refractivity contribution < 1.29 is 0 Å². The molecule has 2 rings (SSSR count). The molecule has 1 atom stereocenters. The highest BCUT2D eigenvalue weighted by atomic mass is 35.5. The third-order valence-corrected chi connectivity index (χ3v) is 3.59. The lowest BCUT2D eigenvalue weighted by atomic mass is 10.00. The monoisotopic (exact) mass is 258 g/mol. The highest BCUT2D eigenvalue weighted by Crippen LogP contribution is 2.37. The van der Waals surface area contributed by atoms with E-state index in [1.165, 1.54) is 12.8 Å². The lowest BCUT2D eigenvalue weighted by Gasteiger charge is -2.34. The number of nitrogen functional groups attached to an aromatic ring is 1. The quantitative estimate of drug-likeness (QED) is 0.777. The lowest BCUT2D eigenvalue weighted by Crippen LogP contribution is -2.34. The highest BCUT2D eigenvalue weighted by molar-refractivity contribution is 6.39. The van der Waals surface area contributed by atoms with Gasteiger partial charge in [0.05, 0.1) is 15.7 Å². The Labute approximate surface area is 106 Å². The second-order valence-electron chi connectivity index (χ2n) is 4.53. The van der Waals surface area contributed by atoms with Gasteiger partial charge < -0.3 is 10.6 Å². The maximum Gasteiger partial charge on any atom is 0.0746 e. The molecule has 1 aromatic rings. The van der Waals surface area contributed by atoms with E-state index in [9.17, 15) is 0 Å². The molecule has 0 aliphatic carbocycles. The molecule has 88 valence electrons. The molecule has 0 spiro atoms. The molecule has 0 bridgehead atoms. The van der Waals surface area contributed by atoms with E-state index in [0.29, 0.717) is 21.7 Å². The van der Waals surface area contributed by atoms with Crippen molar-refractivity contribution in [3.63, 3.8) is 0 Å². The standard InChI is InChI=1S/C12H16Cl2N2/c1-8-3-2-4-16(7-8)12-10(13)5-9(15)6-11(12)14/h5-6,8H,2-4,7,15H2,1H3. The van der Waals surface area contributed by atoms with Gasteiger partial charge in [-0.25, -0.2) is 0 Å².